The van der Waals surface area contributed by atoms with E-state index in [4.69, 9.17) is 0 Å². The summed E-state index contributed by atoms with van der Waals surface area (Å²) in [5.74, 6) is 0. The summed E-state index contributed by atoms with van der Waals surface area (Å²) in [6.45, 7) is 2.44. The maximum atomic E-state index is 9.59. The molecule has 2 heteroatoms. The largest absolute Gasteiger partial charge is 0.396 e. The maximum absolute atomic E-state index is 9.59. The van der Waals surface area contributed by atoms with Gasteiger partial charge in [-0.25, -0.2) is 0 Å². The Morgan fingerprint density at radius 3 is 2.44 bits per heavy atom. The topological polar surface area (TPSA) is 32.3 Å². The fourth-order valence-corrected chi connectivity index (χ4v) is 2.50. The minimum absolute atomic E-state index is 0.168. The first-order chi connectivity index (χ1) is 7.85. The van der Waals surface area contributed by atoms with Gasteiger partial charge < -0.3 is 10.4 Å². The molecular formula is C14H21NO. The van der Waals surface area contributed by atoms with Crippen LogP contribution in [0.15, 0.2) is 30.3 Å². The second-order valence-electron chi connectivity index (χ2n) is 4.89. The van der Waals surface area contributed by atoms with Gasteiger partial charge in [-0.05, 0) is 49.8 Å². The molecule has 0 unspecified atom stereocenters. The Balaban J connectivity index is 1.92. The summed E-state index contributed by atoms with van der Waals surface area (Å²) in [6, 6.07) is 10.6. The van der Waals surface area contributed by atoms with Crippen molar-refractivity contribution in [2.75, 3.05) is 19.7 Å². The van der Waals surface area contributed by atoms with Gasteiger partial charge in [-0.15, -0.1) is 0 Å². The number of hydrogen-bond acceptors (Lipinski definition) is 2. The van der Waals surface area contributed by atoms with Crippen molar-refractivity contribution < 1.29 is 5.11 Å². The highest BCUT2D eigenvalue weighted by Gasteiger charge is 2.30. The van der Waals surface area contributed by atoms with Crippen molar-refractivity contribution in [1.29, 1.82) is 0 Å². The van der Waals surface area contributed by atoms with E-state index >= 15 is 0 Å². The molecule has 0 saturated carbocycles. The summed E-state index contributed by atoms with van der Waals surface area (Å²) in [5, 5.41) is 13.0. The Kier molecular flexibility index (Phi) is 3.97. The van der Waals surface area contributed by atoms with Crippen LogP contribution >= 0.6 is 0 Å². The molecular weight excluding hydrogens is 198 g/mol. The monoisotopic (exact) mass is 219 g/mol. The fraction of sp³-hybridized carbons (Fsp3) is 0.571. The van der Waals surface area contributed by atoms with E-state index in [9.17, 15) is 5.11 Å². The van der Waals surface area contributed by atoms with Gasteiger partial charge in [0, 0.05) is 6.61 Å². The number of aryl methyl sites for hydroxylation is 1. The minimum atomic E-state index is 0.168. The van der Waals surface area contributed by atoms with E-state index in [1.165, 1.54) is 5.56 Å². The van der Waals surface area contributed by atoms with Crippen LogP contribution in [0.3, 0.4) is 0 Å². The molecule has 0 bridgehead atoms. The first kappa shape index (κ1) is 11.6. The van der Waals surface area contributed by atoms with Crippen LogP contribution in [-0.2, 0) is 6.42 Å². The molecule has 16 heavy (non-hydrogen) atoms. The standard InChI is InChI=1S/C14H21NO/c16-12-14(8-10-15-11-9-14)7-6-13-4-2-1-3-5-13/h1-5,15-16H,6-12H2. The van der Waals surface area contributed by atoms with Gasteiger partial charge in [0.05, 0.1) is 0 Å². The lowest BCUT2D eigenvalue weighted by molar-refractivity contribution is 0.0806. The lowest BCUT2D eigenvalue weighted by Crippen LogP contribution is -2.39. The number of rotatable bonds is 4. The van der Waals surface area contributed by atoms with Crippen LogP contribution in [0.1, 0.15) is 24.8 Å². The van der Waals surface area contributed by atoms with Gasteiger partial charge in [0.2, 0.25) is 0 Å². The summed E-state index contributed by atoms with van der Waals surface area (Å²) in [7, 11) is 0. The molecule has 2 rings (SSSR count). The average Bonchev–Trinajstić information content (AvgIpc) is 2.39. The third kappa shape index (κ3) is 2.83. The van der Waals surface area contributed by atoms with Crippen molar-refractivity contribution in [2.45, 2.75) is 25.7 Å². The lowest BCUT2D eigenvalue weighted by Gasteiger charge is -2.36. The van der Waals surface area contributed by atoms with Crippen LogP contribution in [0.2, 0.25) is 0 Å². The molecule has 1 aliphatic heterocycles. The number of nitrogens with one attached hydrogen (secondary N) is 1. The van der Waals surface area contributed by atoms with Crippen molar-refractivity contribution in [1.82, 2.24) is 5.32 Å². The molecule has 0 spiro atoms. The summed E-state index contributed by atoms with van der Waals surface area (Å²) in [6.07, 6.45) is 4.41. The van der Waals surface area contributed by atoms with E-state index in [0.29, 0.717) is 6.61 Å². The van der Waals surface area contributed by atoms with Crippen LogP contribution in [0.4, 0.5) is 0 Å². The van der Waals surface area contributed by atoms with Gasteiger partial charge in [-0.3, -0.25) is 0 Å². The molecule has 1 aromatic carbocycles. The predicted octanol–water partition coefficient (Wildman–Crippen LogP) is 1.98. The normalized spacial score (nSPS) is 19.6. The Bertz CT molecular complexity index is 304. The van der Waals surface area contributed by atoms with Gasteiger partial charge in [-0.2, -0.15) is 0 Å². The predicted molar refractivity (Wildman–Crippen MR) is 66.4 cm³/mol. The van der Waals surface area contributed by atoms with Crippen LogP contribution in [0, 0.1) is 5.41 Å². The first-order valence-corrected chi connectivity index (χ1v) is 6.20. The quantitative estimate of drug-likeness (QED) is 0.811. The van der Waals surface area contributed by atoms with Gasteiger partial charge in [0.25, 0.3) is 0 Å². The fourth-order valence-electron chi connectivity index (χ4n) is 2.50. The van der Waals surface area contributed by atoms with Crippen molar-refractivity contribution in [3.8, 4) is 0 Å². The van der Waals surface area contributed by atoms with E-state index in [1.54, 1.807) is 0 Å². The van der Waals surface area contributed by atoms with E-state index in [0.717, 1.165) is 38.8 Å². The SMILES string of the molecule is OCC1(CCc2ccccc2)CCNCC1. The van der Waals surface area contributed by atoms with Crippen molar-refractivity contribution in [2.24, 2.45) is 5.41 Å². The molecule has 0 aromatic heterocycles. The molecule has 1 aromatic rings. The number of piperidine rings is 1. The Morgan fingerprint density at radius 1 is 1.12 bits per heavy atom. The summed E-state index contributed by atoms with van der Waals surface area (Å²) in [5.41, 5.74) is 1.55. The number of hydrogen-bond donors (Lipinski definition) is 2. The molecule has 0 atom stereocenters. The van der Waals surface area contributed by atoms with Crippen LogP contribution in [0.25, 0.3) is 0 Å². The van der Waals surface area contributed by atoms with Gasteiger partial charge in [0.15, 0.2) is 0 Å². The molecule has 88 valence electrons. The highest BCUT2D eigenvalue weighted by atomic mass is 16.3. The Morgan fingerprint density at radius 2 is 1.81 bits per heavy atom. The van der Waals surface area contributed by atoms with Crippen molar-refractivity contribution >= 4 is 0 Å². The van der Waals surface area contributed by atoms with Gasteiger partial charge in [-0.1, -0.05) is 30.3 Å². The maximum Gasteiger partial charge on any atom is 0.0488 e. The second-order valence-corrected chi connectivity index (χ2v) is 4.89. The highest BCUT2D eigenvalue weighted by molar-refractivity contribution is 5.15. The molecule has 1 aliphatic rings. The van der Waals surface area contributed by atoms with Crippen LogP contribution in [0.5, 0.6) is 0 Å². The molecule has 2 nitrogen and oxygen atoms in total. The zero-order chi connectivity index (χ0) is 11.3. The average molecular weight is 219 g/mol. The van der Waals surface area contributed by atoms with E-state index < -0.39 is 0 Å². The number of aliphatic hydroxyl groups excluding tert-OH is 1. The Labute approximate surface area is 97.7 Å². The minimum Gasteiger partial charge on any atom is -0.396 e. The molecule has 0 aliphatic carbocycles. The van der Waals surface area contributed by atoms with Crippen LogP contribution in [-0.4, -0.2) is 24.8 Å². The second kappa shape index (κ2) is 5.46. The first-order valence-electron chi connectivity index (χ1n) is 6.20. The third-order valence-corrected chi connectivity index (χ3v) is 3.79. The van der Waals surface area contributed by atoms with E-state index in [2.05, 4.69) is 35.6 Å². The van der Waals surface area contributed by atoms with E-state index in [1.807, 2.05) is 0 Å². The van der Waals surface area contributed by atoms with Gasteiger partial charge >= 0.3 is 0 Å². The third-order valence-electron chi connectivity index (χ3n) is 3.79. The van der Waals surface area contributed by atoms with Crippen molar-refractivity contribution in [3.63, 3.8) is 0 Å². The summed E-state index contributed by atoms with van der Waals surface area (Å²) in [4.78, 5) is 0. The molecule has 1 heterocycles. The van der Waals surface area contributed by atoms with Crippen molar-refractivity contribution in [3.05, 3.63) is 35.9 Å². The van der Waals surface area contributed by atoms with Crippen LogP contribution < -0.4 is 5.32 Å². The molecule has 1 fully saturated rings. The number of aliphatic hydroxyl groups is 1. The number of benzene rings is 1. The Hall–Kier alpha value is -0.860. The lowest BCUT2D eigenvalue weighted by atomic mass is 9.75. The van der Waals surface area contributed by atoms with E-state index in [-0.39, 0.29) is 5.41 Å². The molecule has 2 N–H and O–H groups in total. The smallest absolute Gasteiger partial charge is 0.0488 e. The highest BCUT2D eigenvalue weighted by Crippen LogP contribution is 2.33. The zero-order valence-corrected chi connectivity index (χ0v) is 9.78. The molecule has 0 radical (unpaired) electrons. The summed E-state index contributed by atoms with van der Waals surface area (Å²) >= 11 is 0. The summed E-state index contributed by atoms with van der Waals surface area (Å²) < 4.78 is 0. The zero-order valence-electron chi connectivity index (χ0n) is 9.78. The molecule has 0 amide bonds. The molecule has 1 saturated heterocycles. The van der Waals surface area contributed by atoms with Gasteiger partial charge in [0.1, 0.15) is 0 Å².